The summed E-state index contributed by atoms with van der Waals surface area (Å²) in [7, 11) is -3.80. The third-order valence-corrected chi connectivity index (χ3v) is 6.92. The molecule has 0 radical (unpaired) electrons. The number of para-hydroxylation sites is 1. The molecule has 0 heterocycles. The van der Waals surface area contributed by atoms with Crippen LogP contribution in [0.15, 0.2) is 78.9 Å². The second kappa shape index (κ2) is 11.4. The van der Waals surface area contributed by atoms with Gasteiger partial charge in [-0.15, -0.1) is 0 Å². The average Bonchev–Trinajstić information content (AvgIpc) is 2.83. The van der Waals surface area contributed by atoms with Gasteiger partial charge in [0.15, 0.2) is 0 Å². The van der Waals surface area contributed by atoms with Crippen molar-refractivity contribution in [3.63, 3.8) is 0 Å². The maximum absolute atomic E-state index is 13.3. The van der Waals surface area contributed by atoms with E-state index in [0.717, 1.165) is 16.1 Å². The lowest BCUT2D eigenvalue weighted by Crippen LogP contribution is -2.47. The molecule has 0 spiro atoms. The van der Waals surface area contributed by atoms with Gasteiger partial charge in [-0.2, -0.15) is 0 Å². The lowest BCUT2D eigenvalue weighted by Gasteiger charge is -2.30. The minimum atomic E-state index is -3.80. The molecule has 2 atom stereocenters. The zero-order chi connectivity index (χ0) is 25.6. The van der Waals surface area contributed by atoms with Crippen LogP contribution in [0.1, 0.15) is 42.2 Å². The molecule has 3 aromatic rings. The normalized spacial score (nSPS) is 12.9. The van der Waals surface area contributed by atoms with E-state index in [-0.39, 0.29) is 23.9 Å². The van der Waals surface area contributed by atoms with Gasteiger partial charge in [-0.3, -0.25) is 13.9 Å². The Morgan fingerprint density at radius 3 is 2.14 bits per heavy atom. The van der Waals surface area contributed by atoms with Gasteiger partial charge in [0.25, 0.3) is 5.91 Å². The molecule has 0 bridgehead atoms. The number of hydrogen-bond donors (Lipinski definition) is 2. The number of carbonyl (C=O) groups is 2. The highest BCUT2D eigenvalue weighted by atomic mass is 35.5. The van der Waals surface area contributed by atoms with Crippen LogP contribution in [0.4, 0.5) is 11.4 Å². The van der Waals surface area contributed by atoms with E-state index < -0.39 is 22.0 Å². The highest BCUT2D eigenvalue weighted by molar-refractivity contribution is 7.92. The second-order valence-electron chi connectivity index (χ2n) is 8.10. The quantitative estimate of drug-likeness (QED) is 0.420. The molecule has 7 nitrogen and oxygen atoms in total. The minimum Gasteiger partial charge on any atom is -0.345 e. The average molecular weight is 514 g/mol. The summed E-state index contributed by atoms with van der Waals surface area (Å²) in [5.74, 6) is -0.910. The van der Waals surface area contributed by atoms with Crippen LogP contribution in [0.2, 0.25) is 5.02 Å². The van der Waals surface area contributed by atoms with Crippen molar-refractivity contribution in [1.29, 1.82) is 0 Å². The minimum absolute atomic E-state index is 0.209. The topological polar surface area (TPSA) is 95.6 Å². The Bertz CT molecular complexity index is 1280. The Hall–Kier alpha value is -3.36. The molecule has 0 fully saturated rings. The standard InChI is InChI=1S/C26H28ClN3O4S/c1-4-24(30(35(3,33)34)21-16-14-20(27)15-17-21)26(32)29-23-13-9-8-12-22(23)25(31)28-18(2)19-10-6-5-7-11-19/h5-18,24H,4H2,1-3H3,(H,28,31)(H,29,32)/t18-,24-/m0/s1. The van der Waals surface area contributed by atoms with E-state index in [1.165, 1.54) is 0 Å². The molecular weight excluding hydrogens is 486 g/mol. The van der Waals surface area contributed by atoms with Gasteiger partial charge in [-0.1, -0.05) is 61.0 Å². The summed E-state index contributed by atoms with van der Waals surface area (Å²) in [6.07, 6.45) is 1.25. The first kappa shape index (κ1) is 26.2. The number of nitrogens with one attached hydrogen (secondary N) is 2. The number of rotatable bonds is 9. The molecule has 184 valence electrons. The van der Waals surface area contributed by atoms with Crippen LogP contribution in [0.3, 0.4) is 0 Å². The molecule has 0 saturated carbocycles. The molecule has 0 unspecified atom stereocenters. The van der Waals surface area contributed by atoms with Gasteiger partial charge in [-0.05, 0) is 55.3 Å². The van der Waals surface area contributed by atoms with Gasteiger partial charge in [0.2, 0.25) is 15.9 Å². The molecule has 3 aromatic carbocycles. The predicted molar refractivity (Wildman–Crippen MR) is 140 cm³/mol. The van der Waals surface area contributed by atoms with E-state index in [2.05, 4.69) is 10.6 Å². The number of amides is 2. The maximum atomic E-state index is 13.3. The number of halogens is 1. The molecular formula is C26H28ClN3O4S. The predicted octanol–water partition coefficient (Wildman–Crippen LogP) is 5.01. The van der Waals surface area contributed by atoms with Crippen molar-refractivity contribution in [1.82, 2.24) is 5.32 Å². The molecule has 0 aromatic heterocycles. The monoisotopic (exact) mass is 513 g/mol. The number of carbonyl (C=O) groups excluding carboxylic acids is 2. The van der Waals surface area contributed by atoms with E-state index in [0.29, 0.717) is 16.4 Å². The van der Waals surface area contributed by atoms with Gasteiger partial charge in [-0.25, -0.2) is 8.42 Å². The van der Waals surface area contributed by atoms with Crippen LogP contribution in [-0.2, 0) is 14.8 Å². The first-order chi connectivity index (χ1) is 16.6. The molecule has 0 aliphatic rings. The summed E-state index contributed by atoms with van der Waals surface area (Å²) in [6, 6.07) is 21.1. The molecule has 2 N–H and O–H groups in total. The van der Waals surface area contributed by atoms with Crippen molar-refractivity contribution in [2.24, 2.45) is 0 Å². The summed E-state index contributed by atoms with van der Waals surface area (Å²) >= 11 is 5.95. The van der Waals surface area contributed by atoms with Crippen molar-refractivity contribution >= 4 is 44.8 Å². The fraction of sp³-hybridized carbons (Fsp3) is 0.231. The Morgan fingerprint density at radius 2 is 1.54 bits per heavy atom. The van der Waals surface area contributed by atoms with Crippen molar-refractivity contribution in [3.05, 3.63) is 95.0 Å². The molecule has 2 amide bonds. The van der Waals surface area contributed by atoms with E-state index in [4.69, 9.17) is 11.6 Å². The molecule has 0 aliphatic heterocycles. The van der Waals surface area contributed by atoms with Crippen LogP contribution in [0.5, 0.6) is 0 Å². The van der Waals surface area contributed by atoms with Crippen LogP contribution in [0, 0.1) is 0 Å². The number of hydrogen-bond acceptors (Lipinski definition) is 4. The van der Waals surface area contributed by atoms with Crippen LogP contribution < -0.4 is 14.9 Å². The number of nitrogens with zero attached hydrogens (tertiary/aromatic N) is 1. The van der Waals surface area contributed by atoms with Gasteiger partial charge >= 0.3 is 0 Å². The first-order valence-electron chi connectivity index (χ1n) is 11.1. The summed E-state index contributed by atoms with van der Waals surface area (Å²) in [4.78, 5) is 26.4. The fourth-order valence-electron chi connectivity index (χ4n) is 3.75. The third kappa shape index (κ3) is 6.61. The van der Waals surface area contributed by atoms with Gasteiger partial charge in [0.1, 0.15) is 6.04 Å². The van der Waals surface area contributed by atoms with Crippen molar-refractivity contribution in [3.8, 4) is 0 Å². The molecule has 3 rings (SSSR count). The largest absolute Gasteiger partial charge is 0.345 e. The summed E-state index contributed by atoms with van der Waals surface area (Å²) in [6.45, 7) is 3.59. The van der Waals surface area contributed by atoms with Crippen molar-refractivity contribution < 1.29 is 18.0 Å². The lowest BCUT2D eigenvalue weighted by atomic mass is 10.1. The van der Waals surface area contributed by atoms with E-state index in [1.807, 2.05) is 37.3 Å². The summed E-state index contributed by atoms with van der Waals surface area (Å²) < 4.78 is 26.4. The Morgan fingerprint density at radius 1 is 0.943 bits per heavy atom. The van der Waals surface area contributed by atoms with Gasteiger partial charge in [0, 0.05) is 5.02 Å². The zero-order valence-electron chi connectivity index (χ0n) is 19.7. The number of benzene rings is 3. The molecule has 0 aliphatic carbocycles. The van der Waals surface area contributed by atoms with Gasteiger partial charge < -0.3 is 10.6 Å². The molecule has 9 heteroatoms. The third-order valence-electron chi connectivity index (χ3n) is 5.49. The van der Waals surface area contributed by atoms with Crippen LogP contribution >= 0.6 is 11.6 Å². The first-order valence-corrected chi connectivity index (χ1v) is 13.3. The fourth-order valence-corrected chi connectivity index (χ4v) is 5.09. The smallest absolute Gasteiger partial charge is 0.253 e. The Labute approximate surface area is 211 Å². The molecule has 0 saturated heterocycles. The highest BCUT2D eigenvalue weighted by Gasteiger charge is 2.32. The second-order valence-corrected chi connectivity index (χ2v) is 10.4. The van der Waals surface area contributed by atoms with Crippen molar-refractivity contribution in [2.75, 3.05) is 15.9 Å². The number of sulfonamides is 1. The lowest BCUT2D eigenvalue weighted by molar-refractivity contribution is -0.117. The van der Waals surface area contributed by atoms with Crippen molar-refractivity contribution in [2.45, 2.75) is 32.4 Å². The number of anilines is 2. The van der Waals surface area contributed by atoms with E-state index in [9.17, 15) is 18.0 Å². The SMILES string of the molecule is CC[C@@H](C(=O)Nc1ccccc1C(=O)N[C@@H](C)c1ccccc1)N(c1ccc(Cl)cc1)S(C)(=O)=O. The van der Waals surface area contributed by atoms with Gasteiger partial charge in [0.05, 0.1) is 29.2 Å². The molecule has 35 heavy (non-hydrogen) atoms. The van der Waals surface area contributed by atoms with Crippen LogP contribution in [0.25, 0.3) is 0 Å². The van der Waals surface area contributed by atoms with E-state index in [1.54, 1.807) is 55.5 Å². The summed E-state index contributed by atoms with van der Waals surface area (Å²) in [5.41, 5.74) is 1.83. The summed E-state index contributed by atoms with van der Waals surface area (Å²) in [5, 5.41) is 6.14. The Balaban J connectivity index is 1.85. The van der Waals surface area contributed by atoms with E-state index >= 15 is 0 Å². The highest BCUT2D eigenvalue weighted by Crippen LogP contribution is 2.26. The maximum Gasteiger partial charge on any atom is 0.253 e. The van der Waals surface area contributed by atoms with Crippen LogP contribution in [-0.4, -0.2) is 32.5 Å². The zero-order valence-corrected chi connectivity index (χ0v) is 21.3. The Kier molecular flexibility index (Phi) is 8.53.